The van der Waals surface area contributed by atoms with E-state index in [1.807, 2.05) is 20.8 Å². The predicted molar refractivity (Wildman–Crippen MR) is 59.8 cm³/mol. The van der Waals surface area contributed by atoms with Gasteiger partial charge in [0, 0.05) is 11.1 Å². The molecule has 1 aliphatic rings. The molecule has 0 fully saturated rings. The van der Waals surface area contributed by atoms with Gasteiger partial charge in [-0.2, -0.15) is 0 Å². The van der Waals surface area contributed by atoms with Gasteiger partial charge in [0.2, 0.25) is 6.79 Å². The SMILES string of the molecule is CC(C)(C)NC(=O)c1ccc2c(c1)OCO2. The molecule has 0 saturated carbocycles. The molecule has 0 aromatic heterocycles. The molecule has 0 spiro atoms. The summed E-state index contributed by atoms with van der Waals surface area (Å²) in [4.78, 5) is 11.9. The van der Waals surface area contributed by atoms with Crippen LogP contribution in [-0.4, -0.2) is 18.2 Å². The molecule has 1 aliphatic heterocycles. The summed E-state index contributed by atoms with van der Waals surface area (Å²) in [6.45, 7) is 6.05. The molecule has 0 unspecified atom stereocenters. The molecule has 1 aromatic carbocycles. The number of rotatable bonds is 1. The highest BCUT2D eigenvalue weighted by atomic mass is 16.7. The maximum Gasteiger partial charge on any atom is 0.251 e. The van der Waals surface area contributed by atoms with E-state index in [9.17, 15) is 4.79 Å². The van der Waals surface area contributed by atoms with Gasteiger partial charge in [-0.25, -0.2) is 0 Å². The minimum atomic E-state index is -0.243. The maximum absolute atomic E-state index is 11.9. The van der Waals surface area contributed by atoms with Crippen molar-refractivity contribution in [1.82, 2.24) is 5.32 Å². The maximum atomic E-state index is 11.9. The van der Waals surface area contributed by atoms with Crippen LogP contribution < -0.4 is 14.8 Å². The number of ether oxygens (including phenoxy) is 2. The van der Waals surface area contributed by atoms with Crippen molar-refractivity contribution >= 4 is 5.91 Å². The molecule has 0 bridgehead atoms. The number of fused-ring (bicyclic) bond motifs is 1. The highest BCUT2D eigenvalue weighted by Gasteiger charge is 2.19. The first-order chi connectivity index (χ1) is 7.46. The van der Waals surface area contributed by atoms with Crippen molar-refractivity contribution in [1.29, 1.82) is 0 Å². The Labute approximate surface area is 94.6 Å². The highest BCUT2D eigenvalue weighted by Crippen LogP contribution is 2.32. The Morgan fingerprint density at radius 1 is 1.25 bits per heavy atom. The molecule has 1 N–H and O–H groups in total. The minimum absolute atomic E-state index is 0.106. The van der Waals surface area contributed by atoms with Crippen LogP contribution in [0, 0.1) is 0 Å². The fourth-order valence-electron chi connectivity index (χ4n) is 1.45. The van der Waals surface area contributed by atoms with Gasteiger partial charge >= 0.3 is 0 Å². The zero-order valence-corrected chi connectivity index (χ0v) is 9.66. The Hall–Kier alpha value is -1.71. The van der Waals surface area contributed by atoms with Crippen LogP contribution in [0.1, 0.15) is 31.1 Å². The summed E-state index contributed by atoms with van der Waals surface area (Å²) in [5, 5.41) is 2.89. The summed E-state index contributed by atoms with van der Waals surface area (Å²) in [5.74, 6) is 1.21. The van der Waals surface area contributed by atoms with Crippen molar-refractivity contribution in [2.24, 2.45) is 0 Å². The molecule has 0 saturated heterocycles. The number of amides is 1. The van der Waals surface area contributed by atoms with Crippen molar-refractivity contribution < 1.29 is 14.3 Å². The summed E-state index contributed by atoms with van der Waals surface area (Å²) in [6, 6.07) is 5.18. The summed E-state index contributed by atoms with van der Waals surface area (Å²) in [5.41, 5.74) is 0.340. The summed E-state index contributed by atoms with van der Waals surface area (Å²) < 4.78 is 10.4. The van der Waals surface area contributed by atoms with Crippen molar-refractivity contribution in [3.8, 4) is 11.5 Å². The second kappa shape index (κ2) is 3.70. The van der Waals surface area contributed by atoms with Gasteiger partial charge < -0.3 is 14.8 Å². The topological polar surface area (TPSA) is 47.6 Å². The summed E-state index contributed by atoms with van der Waals surface area (Å²) >= 11 is 0. The largest absolute Gasteiger partial charge is 0.454 e. The van der Waals surface area contributed by atoms with Gasteiger partial charge in [-0.15, -0.1) is 0 Å². The zero-order valence-electron chi connectivity index (χ0n) is 9.66. The van der Waals surface area contributed by atoms with Crippen molar-refractivity contribution in [2.75, 3.05) is 6.79 Å². The van der Waals surface area contributed by atoms with Crippen molar-refractivity contribution in [2.45, 2.75) is 26.3 Å². The lowest BCUT2D eigenvalue weighted by Crippen LogP contribution is -2.40. The van der Waals surface area contributed by atoms with Crippen LogP contribution in [-0.2, 0) is 0 Å². The lowest BCUT2D eigenvalue weighted by molar-refractivity contribution is 0.0919. The van der Waals surface area contributed by atoms with Gasteiger partial charge in [0.1, 0.15) is 0 Å². The molecule has 1 heterocycles. The van der Waals surface area contributed by atoms with E-state index in [1.54, 1.807) is 18.2 Å². The third-order valence-corrected chi connectivity index (χ3v) is 2.12. The summed E-state index contributed by atoms with van der Waals surface area (Å²) in [7, 11) is 0. The Bertz CT molecular complexity index is 421. The average Bonchev–Trinajstić information content (AvgIpc) is 2.61. The van der Waals surface area contributed by atoms with E-state index < -0.39 is 0 Å². The van der Waals surface area contributed by atoms with Crippen LogP contribution >= 0.6 is 0 Å². The van der Waals surface area contributed by atoms with Crippen molar-refractivity contribution in [3.05, 3.63) is 23.8 Å². The van der Waals surface area contributed by atoms with Crippen LogP contribution in [0.3, 0.4) is 0 Å². The molecular formula is C12H15NO3. The number of hydrogen-bond donors (Lipinski definition) is 1. The molecule has 4 heteroatoms. The van der Waals surface area contributed by atoms with E-state index in [0.717, 1.165) is 0 Å². The zero-order chi connectivity index (χ0) is 11.8. The van der Waals surface area contributed by atoms with Gasteiger partial charge in [-0.05, 0) is 39.0 Å². The van der Waals surface area contributed by atoms with E-state index in [0.29, 0.717) is 17.1 Å². The highest BCUT2D eigenvalue weighted by molar-refractivity contribution is 5.95. The second-order valence-electron chi connectivity index (χ2n) is 4.77. The normalized spacial score (nSPS) is 13.7. The molecule has 86 valence electrons. The molecule has 0 radical (unpaired) electrons. The van der Waals surface area contributed by atoms with Crippen LogP contribution in [0.4, 0.5) is 0 Å². The van der Waals surface area contributed by atoms with E-state index in [1.165, 1.54) is 0 Å². The molecule has 0 aliphatic carbocycles. The Morgan fingerprint density at radius 3 is 2.62 bits per heavy atom. The molecule has 4 nitrogen and oxygen atoms in total. The van der Waals surface area contributed by atoms with E-state index >= 15 is 0 Å². The smallest absolute Gasteiger partial charge is 0.251 e. The van der Waals surface area contributed by atoms with E-state index in [-0.39, 0.29) is 18.2 Å². The number of carbonyl (C=O) groups is 1. The monoisotopic (exact) mass is 221 g/mol. The Kier molecular flexibility index (Phi) is 2.50. The van der Waals surface area contributed by atoms with Crippen LogP contribution in [0.5, 0.6) is 11.5 Å². The fourth-order valence-corrected chi connectivity index (χ4v) is 1.45. The second-order valence-corrected chi connectivity index (χ2v) is 4.77. The van der Waals surface area contributed by atoms with Gasteiger partial charge in [0.15, 0.2) is 11.5 Å². The Balaban J connectivity index is 2.19. The molecule has 1 aromatic rings. The van der Waals surface area contributed by atoms with Crippen molar-refractivity contribution in [3.63, 3.8) is 0 Å². The molecule has 16 heavy (non-hydrogen) atoms. The lowest BCUT2D eigenvalue weighted by atomic mass is 10.1. The van der Waals surface area contributed by atoms with Gasteiger partial charge in [0.05, 0.1) is 0 Å². The number of hydrogen-bond acceptors (Lipinski definition) is 3. The molecular weight excluding hydrogens is 206 g/mol. The number of benzene rings is 1. The average molecular weight is 221 g/mol. The first kappa shape index (κ1) is 10.8. The standard InChI is InChI=1S/C12H15NO3/c1-12(2,3)13-11(14)8-4-5-9-10(6-8)16-7-15-9/h4-6H,7H2,1-3H3,(H,13,14). The van der Waals surface area contributed by atoms with Gasteiger partial charge in [-0.1, -0.05) is 0 Å². The predicted octanol–water partition coefficient (Wildman–Crippen LogP) is 1.94. The number of nitrogens with one attached hydrogen (secondary N) is 1. The first-order valence-corrected chi connectivity index (χ1v) is 5.18. The third-order valence-electron chi connectivity index (χ3n) is 2.12. The Morgan fingerprint density at radius 2 is 1.94 bits per heavy atom. The molecule has 0 atom stereocenters. The van der Waals surface area contributed by atoms with E-state index in [4.69, 9.17) is 9.47 Å². The van der Waals surface area contributed by atoms with Crippen LogP contribution in [0.2, 0.25) is 0 Å². The van der Waals surface area contributed by atoms with Crippen LogP contribution in [0.15, 0.2) is 18.2 Å². The summed E-state index contributed by atoms with van der Waals surface area (Å²) in [6.07, 6.45) is 0. The third kappa shape index (κ3) is 2.27. The molecule has 2 rings (SSSR count). The minimum Gasteiger partial charge on any atom is -0.454 e. The van der Waals surface area contributed by atoms with Gasteiger partial charge in [0.25, 0.3) is 5.91 Å². The number of carbonyl (C=O) groups excluding carboxylic acids is 1. The van der Waals surface area contributed by atoms with Crippen LogP contribution in [0.25, 0.3) is 0 Å². The van der Waals surface area contributed by atoms with Gasteiger partial charge in [-0.3, -0.25) is 4.79 Å². The lowest BCUT2D eigenvalue weighted by Gasteiger charge is -2.20. The molecule has 1 amide bonds. The van der Waals surface area contributed by atoms with E-state index in [2.05, 4.69) is 5.32 Å². The first-order valence-electron chi connectivity index (χ1n) is 5.18. The fraction of sp³-hybridized carbons (Fsp3) is 0.417. The quantitative estimate of drug-likeness (QED) is 0.788.